The molecule has 1 atom stereocenters. The van der Waals surface area contributed by atoms with Crippen molar-refractivity contribution in [3.05, 3.63) is 64.7 Å². The number of nitrogens with one attached hydrogen (secondary N) is 1. The molecule has 0 aliphatic heterocycles. The van der Waals surface area contributed by atoms with Gasteiger partial charge in [-0.1, -0.05) is 70.2 Å². The van der Waals surface area contributed by atoms with Gasteiger partial charge in [0.05, 0.1) is 29.7 Å². The monoisotopic (exact) mass is 504 g/mol. The number of unbranched alkanes of at least 4 members (excludes halogenated alkanes) is 2. The van der Waals surface area contributed by atoms with Gasteiger partial charge in [0.25, 0.3) is 5.56 Å². The van der Waals surface area contributed by atoms with Gasteiger partial charge in [-0.05, 0) is 49.9 Å². The Hall–Kier alpha value is -3.35. The van der Waals surface area contributed by atoms with Crippen molar-refractivity contribution in [3.63, 3.8) is 0 Å². The SMILES string of the molecule is CCCCCN(C(=O)NC1CCCCC1)C(CC)c1nc2ccccc2c(=O)n1-c1ccccc1OC. The molecule has 0 spiro atoms. The van der Waals surface area contributed by atoms with Gasteiger partial charge < -0.3 is 15.0 Å². The van der Waals surface area contributed by atoms with E-state index < -0.39 is 0 Å². The van der Waals surface area contributed by atoms with Crippen molar-refractivity contribution in [1.29, 1.82) is 0 Å². The van der Waals surface area contributed by atoms with E-state index >= 15 is 0 Å². The number of nitrogens with zero attached hydrogens (tertiary/aromatic N) is 3. The second-order valence-corrected chi connectivity index (χ2v) is 9.91. The first-order chi connectivity index (χ1) is 18.1. The molecule has 2 amide bonds. The number of ether oxygens (including phenoxy) is 1. The van der Waals surface area contributed by atoms with E-state index in [0.29, 0.717) is 41.1 Å². The normalized spacial score (nSPS) is 14.9. The van der Waals surface area contributed by atoms with Gasteiger partial charge in [-0.2, -0.15) is 0 Å². The summed E-state index contributed by atoms with van der Waals surface area (Å²) < 4.78 is 7.29. The van der Waals surface area contributed by atoms with E-state index in [4.69, 9.17) is 9.72 Å². The minimum absolute atomic E-state index is 0.0659. The first-order valence-corrected chi connectivity index (χ1v) is 13.8. The van der Waals surface area contributed by atoms with Crippen LogP contribution in [0, 0.1) is 0 Å². The molecule has 2 aromatic carbocycles. The number of methoxy groups -OCH3 is 1. The predicted molar refractivity (Wildman–Crippen MR) is 149 cm³/mol. The van der Waals surface area contributed by atoms with E-state index in [2.05, 4.69) is 19.2 Å². The number of rotatable bonds is 10. The summed E-state index contributed by atoms with van der Waals surface area (Å²) in [6, 6.07) is 14.7. The Labute approximate surface area is 219 Å². The summed E-state index contributed by atoms with van der Waals surface area (Å²) in [6.45, 7) is 4.83. The summed E-state index contributed by atoms with van der Waals surface area (Å²) in [5.74, 6) is 1.15. The van der Waals surface area contributed by atoms with Crippen LogP contribution in [-0.4, -0.2) is 40.2 Å². The highest BCUT2D eigenvalue weighted by Gasteiger charge is 2.30. The lowest BCUT2D eigenvalue weighted by Crippen LogP contribution is -2.48. The molecule has 4 rings (SSSR count). The van der Waals surface area contributed by atoms with Crippen LogP contribution in [0.15, 0.2) is 53.3 Å². The highest BCUT2D eigenvalue weighted by Crippen LogP contribution is 2.30. The van der Waals surface area contributed by atoms with Crippen molar-refractivity contribution in [3.8, 4) is 11.4 Å². The second-order valence-electron chi connectivity index (χ2n) is 9.91. The zero-order valence-corrected chi connectivity index (χ0v) is 22.4. The van der Waals surface area contributed by atoms with Crippen molar-refractivity contribution in [1.82, 2.24) is 19.8 Å². The number of fused-ring (bicyclic) bond motifs is 1. The molecule has 0 bridgehead atoms. The molecular formula is C30H40N4O3. The van der Waals surface area contributed by atoms with Crippen LogP contribution >= 0.6 is 0 Å². The number of hydrogen-bond donors (Lipinski definition) is 1. The molecule has 198 valence electrons. The minimum Gasteiger partial charge on any atom is -0.495 e. The molecule has 1 aliphatic carbocycles. The smallest absolute Gasteiger partial charge is 0.318 e. The fourth-order valence-electron chi connectivity index (χ4n) is 5.40. The molecule has 1 aliphatic rings. The maximum absolute atomic E-state index is 14.0. The lowest BCUT2D eigenvalue weighted by Gasteiger charge is -2.34. The number of carbonyl (C=O) groups excluding carboxylic acids is 1. The van der Waals surface area contributed by atoms with Gasteiger partial charge in [-0.3, -0.25) is 9.36 Å². The molecule has 1 aromatic heterocycles. The van der Waals surface area contributed by atoms with Crippen LogP contribution in [0.1, 0.15) is 83.5 Å². The van der Waals surface area contributed by atoms with Gasteiger partial charge in [-0.15, -0.1) is 0 Å². The number of benzene rings is 2. The molecule has 1 unspecified atom stereocenters. The number of para-hydroxylation sites is 3. The Kier molecular flexibility index (Phi) is 9.20. The van der Waals surface area contributed by atoms with E-state index in [1.54, 1.807) is 17.7 Å². The summed E-state index contributed by atoms with van der Waals surface area (Å²) in [7, 11) is 1.60. The van der Waals surface area contributed by atoms with Gasteiger partial charge in [0.15, 0.2) is 0 Å². The van der Waals surface area contributed by atoms with Crippen LogP contribution in [0.25, 0.3) is 16.6 Å². The van der Waals surface area contributed by atoms with Gasteiger partial charge in [0.1, 0.15) is 11.6 Å². The number of urea groups is 1. The number of carbonyl (C=O) groups is 1. The topological polar surface area (TPSA) is 76.5 Å². The van der Waals surface area contributed by atoms with E-state index in [1.165, 1.54) is 6.42 Å². The third-order valence-electron chi connectivity index (χ3n) is 7.38. The predicted octanol–water partition coefficient (Wildman–Crippen LogP) is 6.38. The molecule has 7 nitrogen and oxygen atoms in total. The van der Waals surface area contributed by atoms with Crippen LogP contribution < -0.4 is 15.6 Å². The Morgan fingerprint density at radius 1 is 1.08 bits per heavy atom. The zero-order valence-electron chi connectivity index (χ0n) is 22.4. The van der Waals surface area contributed by atoms with Crippen molar-refractivity contribution < 1.29 is 9.53 Å². The maximum Gasteiger partial charge on any atom is 0.318 e. The van der Waals surface area contributed by atoms with Crippen LogP contribution in [0.3, 0.4) is 0 Å². The molecule has 3 aromatic rings. The fourth-order valence-corrected chi connectivity index (χ4v) is 5.40. The maximum atomic E-state index is 14.0. The van der Waals surface area contributed by atoms with E-state index in [-0.39, 0.29) is 23.7 Å². The fraction of sp³-hybridized carbons (Fsp3) is 0.500. The Bertz CT molecular complexity index is 1250. The molecule has 0 saturated heterocycles. The van der Waals surface area contributed by atoms with Gasteiger partial charge >= 0.3 is 6.03 Å². The quantitative estimate of drug-likeness (QED) is 0.325. The third-order valence-corrected chi connectivity index (χ3v) is 7.38. The standard InChI is InChI=1S/C30H40N4O3/c1-4-6-14-21-33(30(36)31-22-15-8-7-9-16-22)25(5-2)28-32-24-18-11-10-17-23(24)29(35)34(28)26-19-12-13-20-27(26)37-3/h10-13,17-20,22,25H,4-9,14-16,21H2,1-3H3,(H,31,36). The molecule has 1 N–H and O–H groups in total. The Morgan fingerprint density at radius 3 is 2.54 bits per heavy atom. The first kappa shape index (κ1) is 26.7. The summed E-state index contributed by atoms with van der Waals surface area (Å²) in [5, 5.41) is 3.85. The summed E-state index contributed by atoms with van der Waals surface area (Å²) in [6.07, 6.45) is 9.20. The van der Waals surface area contributed by atoms with Crippen molar-refractivity contribution in [2.24, 2.45) is 0 Å². The van der Waals surface area contributed by atoms with Crippen molar-refractivity contribution in [2.45, 2.75) is 83.7 Å². The third kappa shape index (κ3) is 5.97. The number of hydrogen-bond acceptors (Lipinski definition) is 4. The summed E-state index contributed by atoms with van der Waals surface area (Å²) in [4.78, 5) is 34.7. The van der Waals surface area contributed by atoms with E-state index in [0.717, 1.165) is 44.9 Å². The van der Waals surface area contributed by atoms with Crippen molar-refractivity contribution >= 4 is 16.9 Å². The van der Waals surface area contributed by atoms with E-state index in [9.17, 15) is 9.59 Å². The number of aromatic nitrogens is 2. The molecular weight excluding hydrogens is 464 g/mol. The average molecular weight is 505 g/mol. The van der Waals surface area contributed by atoms with Gasteiger partial charge in [0, 0.05) is 12.6 Å². The Balaban J connectivity index is 1.84. The van der Waals surface area contributed by atoms with Crippen LogP contribution in [0.4, 0.5) is 4.79 Å². The van der Waals surface area contributed by atoms with Crippen LogP contribution in [-0.2, 0) is 0 Å². The molecule has 37 heavy (non-hydrogen) atoms. The molecule has 7 heteroatoms. The highest BCUT2D eigenvalue weighted by atomic mass is 16.5. The largest absolute Gasteiger partial charge is 0.495 e. The number of amides is 2. The summed E-state index contributed by atoms with van der Waals surface area (Å²) in [5.41, 5.74) is 1.10. The first-order valence-electron chi connectivity index (χ1n) is 13.8. The van der Waals surface area contributed by atoms with Gasteiger partial charge in [0.2, 0.25) is 0 Å². The molecule has 1 saturated carbocycles. The second kappa shape index (κ2) is 12.7. The Morgan fingerprint density at radius 2 is 1.81 bits per heavy atom. The van der Waals surface area contributed by atoms with Crippen LogP contribution in [0.2, 0.25) is 0 Å². The van der Waals surface area contributed by atoms with Gasteiger partial charge in [-0.25, -0.2) is 9.78 Å². The highest BCUT2D eigenvalue weighted by molar-refractivity contribution is 5.79. The summed E-state index contributed by atoms with van der Waals surface area (Å²) >= 11 is 0. The average Bonchev–Trinajstić information content (AvgIpc) is 2.93. The lowest BCUT2D eigenvalue weighted by atomic mass is 9.95. The van der Waals surface area contributed by atoms with E-state index in [1.807, 2.05) is 47.4 Å². The van der Waals surface area contributed by atoms with Crippen LogP contribution in [0.5, 0.6) is 5.75 Å². The minimum atomic E-state index is -0.373. The molecule has 1 heterocycles. The lowest BCUT2D eigenvalue weighted by molar-refractivity contribution is 0.160. The zero-order chi connectivity index (χ0) is 26.2. The van der Waals surface area contributed by atoms with Crippen molar-refractivity contribution in [2.75, 3.05) is 13.7 Å². The molecule has 1 fully saturated rings. The molecule has 0 radical (unpaired) electrons.